The molecule has 0 aliphatic heterocycles. The Hall–Kier alpha value is 4.94. The van der Waals surface area contributed by atoms with Crippen LogP contribution in [0.4, 0.5) is 0 Å². The van der Waals surface area contributed by atoms with Gasteiger partial charge in [-0.15, -0.1) is 0 Å². The van der Waals surface area contributed by atoms with E-state index in [4.69, 9.17) is 0 Å². The van der Waals surface area contributed by atoms with Gasteiger partial charge in [-0.25, -0.2) is 0 Å². The van der Waals surface area contributed by atoms with E-state index in [1.54, 1.807) is 0 Å². The molecule has 0 heterocycles. The fraction of sp³-hybridized carbons (Fsp3) is 0. The summed E-state index contributed by atoms with van der Waals surface area (Å²) < 4.78 is 0. The largest absolute Gasteiger partial charge is 0.316 e. The van der Waals surface area contributed by atoms with Crippen molar-refractivity contribution in [1.29, 1.82) is 0 Å². The maximum Gasteiger partial charge on any atom is 0.316 e. The molecule has 56 valence electrons. The molecule has 0 spiro atoms. The molecule has 2 radical (unpaired) electrons. The van der Waals surface area contributed by atoms with Crippen molar-refractivity contribution in [3.05, 3.63) is 0 Å². The molecule has 0 aromatic carbocycles. The summed E-state index contributed by atoms with van der Waals surface area (Å²) in [4.78, 5) is 0. The van der Waals surface area contributed by atoms with Gasteiger partial charge in [0.25, 0.3) is 0 Å². The molecule has 0 unspecified atom stereocenters. The molecule has 0 saturated carbocycles. The second-order valence-electron chi connectivity index (χ2n) is 0. The van der Waals surface area contributed by atoms with E-state index in [0.717, 1.165) is 0 Å². The van der Waals surface area contributed by atoms with Crippen molar-refractivity contribution in [2.75, 3.05) is 0 Å². The summed E-state index contributed by atoms with van der Waals surface area (Å²) >= 11 is 0. The van der Waals surface area contributed by atoms with E-state index in [2.05, 4.69) is 0 Å². The summed E-state index contributed by atoms with van der Waals surface area (Å²) in [7, 11) is 0. The van der Waals surface area contributed by atoms with Gasteiger partial charge >= 0.3 is 23.1 Å². The van der Waals surface area contributed by atoms with E-state index in [1.165, 1.54) is 0 Å². The molecule has 0 atom stereocenters. The van der Waals surface area contributed by atoms with Crippen molar-refractivity contribution in [3.8, 4) is 0 Å². The molecule has 0 bridgehead atoms. The molecule has 0 aromatic rings. The van der Waals surface area contributed by atoms with E-state index in [9.17, 15) is 0 Å². The Morgan fingerprint density at radius 2 is 1.00 bits per heavy atom. The van der Waals surface area contributed by atoms with E-state index >= 15 is 0 Å². The van der Waals surface area contributed by atoms with Crippen LogP contribution < -0.4 is 0 Å². The Morgan fingerprint density at radius 1 is 1.00 bits per heavy atom. The molecule has 0 rings (SSSR count). The molecule has 0 aromatic heterocycles. The number of hydrogen-bond acceptors (Lipinski definition) is 0. The first-order valence-electron chi connectivity index (χ1n) is 0. The number of rotatable bonds is 0. The summed E-state index contributed by atoms with van der Waals surface area (Å²) in [5, 5.41) is 0. The van der Waals surface area contributed by atoms with E-state index < -0.39 is 0 Å². The minimum Gasteiger partial charge on any atom is -0.0149 e. The molecule has 0 aliphatic rings. The molecule has 0 aliphatic carbocycles. The summed E-state index contributed by atoms with van der Waals surface area (Å²) in [5.74, 6) is 0. The SMILES string of the molecule is [AlH3].[Cr].[Cu].[Fe].[MgH2].[Mn].[SiH4].[Ti].[Zn]. The average molecular weight is 428 g/mol. The van der Waals surface area contributed by atoms with Crippen molar-refractivity contribution in [2.24, 2.45) is 0 Å². The zero-order valence-corrected chi connectivity index (χ0v) is 11.7. The molecule has 9 heavy (non-hydrogen) atoms. The Labute approximate surface area is 158 Å². The van der Waals surface area contributed by atoms with Gasteiger partial charge in [-0.3, -0.25) is 0 Å². The Bertz CT molecular complexity index is 28.5. The van der Waals surface area contributed by atoms with Gasteiger partial charge in [-0.1, -0.05) is 0 Å². The van der Waals surface area contributed by atoms with Gasteiger partial charge < -0.3 is 0 Å². The quantitative estimate of drug-likeness (QED) is 0.351. The molecule has 0 fully saturated rings. The van der Waals surface area contributed by atoms with Crippen molar-refractivity contribution in [2.45, 2.75) is 0 Å². The maximum absolute atomic E-state index is 0. The van der Waals surface area contributed by atoms with Crippen molar-refractivity contribution >= 4 is 51.4 Å². The van der Waals surface area contributed by atoms with Crippen LogP contribution in [0.3, 0.4) is 0 Å². The van der Waals surface area contributed by atoms with E-state index in [0.29, 0.717) is 0 Å². The van der Waals surface area contributed by atoms with Crippen LogP contribution in [0.5, 0.6) is 0 Å². The Balaban J connectivity index is 0. The van der Waals surface area contributed by atoms with Crippen LogP contribution in [0, 0.1) is 0 Å². The third-order valence-electron chi connectivity index (χ3n) is 0. The van der Waals surface area contributed by atoms with Gasteiger partial charge in [0.05, 0.1) is 0 Å². The topological polar surface area (TPSA) is 0 Å². The van der Waals surface area contributed by atoms with Crippen molar-refractivity contribution < 1.29 is 110 Å². The van der Waals surface area contributed by atoms with Crippen LogP contribution in [0.25, 0.3) is 0 Å². The zero-order valence-electron chi connectivity index (χ0n) is 2.65. The standard InChI is InChI=1S/Al.Cr.Cu.Fe.Mg.Mn.H4Si.Ti.Zn.5H/h;;;;;;1H4;;;;;;;. The van der Waals surface area contributed by atoms with Gasteiger partial charge in [0, 0.05) is 110 Å². The fourth-order valence-corrected chi connectivity index (χ4v) is 0. The molecule has 9 heteroatoms. The third kappa shape index (κ3) is 63.4. The van der Waals surface area contributed by atoms with Gasteiger partial charge in [-0.2, -0.15) is 0 Å². The zero-order chi connectivity index (χ0) is 0. The van der Waals surface area contributed by atoms with Gasteiger partial charge in [-0.05, 0) is 11.0 Å². The first-order chi connectivity index (χ1) is 0. The van der Waals surface area contributed by atoms with Gasteiger partial charge in [0.1, 0.15) is 0 Å². The summed E-state index contributed by atoms with van der Waals surface area (Å²) in [5.41, 5.74) is 0. The summed E-state index contributed by atoms with van der Waals surface area (Å²) in [6, 6.07) is 0. The molecule has 0 N–H and O–H groups in total. The average Bonchev–Trinajstić information content (AvgIpc) is 0. The summed E-state index contributed by atoms with van der Waals surface area (Å²) in [6.45, 7) is 0. The van der Waals surface area contributed by atoms with Crippen LogP contribution in [-0.4, -0.2) is 51.4 Å². The third-order valence-corrected chi connectivity index (χ3v) is 0. The predicted octanol–water partition coefficient (Wildman–Crippen LogP) is -3.57. The Kier molecular flexibility index (Phi) is 802. The van der Waals surface area contributed by atoms with Crippen LogP contribution in [0.15, 0.2) is 0 Å². The fourth-order valence-electron chi connectivity index (χ4n) is 0. The smallest absolute Gasteiger partial charge is 0.0149 e. The van der Waals surface area contributed by atoms with Crippen molar-refractivity contribution in [3.63, 3.8) is 0 Å². The number of hydrogen-bond donors (Lipinski definition) is 0. The molecular formula is H9AlCrCuFeMgMnSiTiZn. The minimum absolute atomic E-state index is 0. The molecule has 0 amide bonds. The van der Waals surface area contributed by atoms with Crippen LogP contribution in [0.1, 0.15) is 0 Å². The monoisotopic (exact) mass is 426 g/mol. The molecule has 0 saturated heterocycles. The van der Waals surface area contributed by atoms with Crippen LogP contribution in [0.2, 0.25) is 0 Å². The van der Waals surface area contributed by atoms with Gasteiger partial charge in [0.2, 0.25) is 0 Å². The maximum atomic E-state index is 0. The second kappa shape index (κ2) is 75.5. The van der Waals surface area contributed by atoms with E-state index in [1.807, 2.05) is 0 Å². The normalized spacial score (nSPS) is 0. The predicted molar refractivity (Wildman–Crippen MR) is 29.8 cm³/mol. The van der Waals surface area contributed by atoms with E-state index in [-0.39, 0.29) is 161 Å². The van der Waals surface area contributed by atoms with Crippen LogP contribution >= 0.6 is 0 Å². The first-order valence-corrected chi connectivity index (χ1v) is 0. The van der Waals surface area contributed by atoms with Crippen LogP contribution in [-0.2, 0) is 110 Å². The summed E-state index contributed by atoms with van der Waals surface area (Å²) in [6.07, 6.45) is 0. The van der Waals surface area contributed by atoms with Gasteiger partial charge in [0.15, 0.2) is 17.4 Å². The van der Waals surface area contributed by atoms with Crippen molar-refractivity contribution in [1.82, 2.24) is 0 Å². The second-order valence-corrected chi connectivity index (χ2v) is 0. The first kappa shape index (κ1) is 95.6. The molecular weight excluding hydrogens is 419 g/mol. The molecule has 0 nitrogen and oxygen atoms in total. The Morgan fingerprint density at radius 3 is 1.00 bits per heavy atom. The minimum atomic E-state index is 0.